The first-order valence-corrected chi connectivity index (χ1v) is 6.83. The van der Waals surface area contributed by atoms with Crippen molar-refractivity contribution < 1.29 is 5.11 Å². The molecule has 96 valence electrons. The van der Waals surface area contributed by atoms with E-state index in [1.807, 2.05) is 6.08 Å². The van der Waals surface area contributed by atoms with Gasteiger partial charge in [-0.15, -0.1) is 0 Å². The molecule has 3 rings (SSSR count). The summed E-state index contributed by atoms with van der Waals surface area (Å²) in [5.41, 5.74) is 5.59. The van der Waals surface area contributed by atoms with Gasteiger partial charge in [0.05, 0.1) is 6.61 Å². The van der Waals surface area contributed by atoms with Crippen LogP contribution in [0.1, 0.15) is 28.2 Å². The molecule has 0 bridgehead atoms. The average molecular weight is 250 g/mol. The summed E-state index contributed by atoms with van der Waals surface area (Å²) in [5, 5.41) is 9.08. The molecule has 0 radical (unpaired) electrons. The van der Waals surface area contributed by atoms with Crippen LogP contribution in [0.5, 0.6) is 0 Å². The summed E-state index contributed by atoms with van der Waals surface area (Å²) < 4.78 is 0. The lowest BCUT2D eigenvalue weighted by atomic mass is 9.88. The predicted octanol–water partition coefficient (Wildman–Crippen LogP) is 3.47. The highest BCUT2D eigenvalue weighted by molar-refractivity contribution is 5.47. The molecule has 1 aliphatic rings. The molecule has 0 aromatic heterocycles. The third-order valence-corrected chi connectivity index (χ3v) is 3.88. The molecule has 1 heteroatoms. The Morgan fingerprint density at radius 1 is 0.895 bits per heavy atom. The molecule has 1 nitrogen and oxygen atoms in total. The number of benzene rings is 2. The van der Waals surface area contributed by atoms with Gasteiger partial charge in [-0.1, -0.05) is 60.7 Å². The van der Waals surface area contributed by atoms with E-state index in [0.29, 0.717) is 0 Å². The summed E-state index contributed by atoms with van der Waals surface area (Å²) in [6.45, 7) is 0.0980. The number of aliphatic hydroxyl groups is 1. The highest BCUT2D eigenvalue weighted by Crippen LogP contribution is 2.34. The van der Waals surface area contributed by atoms with Crippen molar-refractivity contribution in [1.29, 1.82) is 0 Å². The van der Waals surface area contributed by atoms with Crippen molar-refractivity contribution in [2.45, 2.75) is 18.8 Å². The molecule has 0 saturated carbocycles. The van der Waals surface area contributed by atoms with Crippen molar-refractivity contribution in [3.8, 4) is 0 Å². The van der Waals surface area contributed by atoms with E-state index in [-0.39, 0.29) is 12.5 Å². The SMILES string of the molecule is OC/C=C\C1c2ccccc2CCc2ccccc21. The molecule has 0 heterocycles. The van der Waals surface area contributed by atoms with Crippen molar-refractivity contribution >= 4 is 0 Å². The molecular formula is C18H18O. The maximum Gasteiger partial charge on any atom is 0.0612 e. The number of hydrogen-bond donors (Lipinski definition) is 1. The van der Waals surface area contributed by atoms with Gasteiger partial charge in [0.2, 0.25) is 0 Å². The highest BCUT2D eigenvalue weighted by Gasteiger charge is 2.20. The van der Waals surface area contributed by atoms with Crippen LogP contribution in [0.3, 0.4) is 0 Å². The third kappa shape index (κ3) is 2.34. The van der Waals surface area contributed by atoms with E-state index in [0.717, 1.165) is 12.8 Å². The molecule has 2 aromatic carbocycles. The summed E-state index contributed by atoms with van der Waals surface area (Å²) in [5.74, 6) is 0.266. The number of rotatable bonds is 2. The Kier molecular flexibility index (Phi) is 3.47. The van der Waals surface area contributed by atoms with Gasteiger partial charge in [0, 0.05) is 5.92 Å². The Bertz CT molecular complexity index is 551. The molecule has 1 N–H and O–H groups in total. The molecule has 1 aliphatic carbocycles. The normalized spacial score (nSPS) is 15.0. The minimum atomic E-state index is 0.0980. The Morgan fingerprint density at radius 3 is 1.95 bits per heavy atom. The number of fused-ring (bicyclic) bond motifs is 2. The standard InChI is InChI=1S/C18H18O/c19-13-5-10-18-16-8-3-1-6-14(16)11-12-15-7-2-4-9-17(15)18/h1-10,18-19H,11-13H2/b10-5-. The van der Waals surface area contributed by atoms with E-state index < -0.39 is 0 Å². The molecule has 0 amide bonds. The number of aliphatic hydroxyl groups excluding tert-OH is 1. The van der Waals surface area contributed by atoms with Gasteiger partial charge < -0.3 is 5.11 Å². The Labute approximate surface area is 114 Å². The third-order valence-electron chi connectivity index (χ3n) is 3.88. The molecule has 0 aliphatic heterocycles. The van der Waals surface area contributed by atoms with E-state index in [2.05, 4.69) is 54.6 Å². The van der Waals surface area contributed by atoms with Crippen LogP contribution in [0.2, 0.25) is 0 Å². The number of allylic oxidation sites excluding steroid dienone is 1. The van der Waals surface area contributed by atoms with Gasteiger partial charge in [0.25, 0.3) is 0 Å². The first kappa shape index (κ1) is 12.2. The average Bonchev–Trinajstić information content (AvgIpc) is 2.62. The fraction of sp³-hybridized carbons (Fsp3) is 0.222. The van der Waals surface area contributed by atoms with E-state index in [1.165, 1.54) is 22.3 Å². The van der Waals surface area contributed by atoms with Crippen LogP contribution in [-0.4, -0.2) is 11.7 Å². The Morgan fingerprint density at radius 2 is 1.42 bits per heavy atom. The first-order valence-electron chi connectivity index (χ1n) is 6.83. The quantitative estimate of drug-likeness (QED) is 0.809. The van der Waals surface area contributed by atoms with Gasteiger partial charge >= 0.3 is 0 Å². The van der Waals surface area contributed by atoms with Gasteiger partial charge in [0.15, 0.2) is 0 Å². The number of hydrogen-bond acceptors (Lipinski definition) is 1. The summed E-state index contributed by atoms with van der Waals surface area (Å²) in [7, 11) is 0. The van der Waals surface area contributed by atoms with E-state index >= 15 is 0 Å². The van der Waals surface area contributed by atoms with Gasteiger partial charge in [-0.25, -0.2) is 0 Å². The minimum Gasteiger partial charge on any atom is -0.392 e. The zero-order chi connectivity index (χ0) is 13.1. The zero-order valence-electron chi connectivity index (χ0n) is 10.9. The molecule has 0 spiro atoms. The van der Waals surface area contributed by atoms with Crippen LogP contribution >= 0.6 is 0 Å². The van der Waals surface area contributed by atoms with Gasteiger partial charge in [0.1, 0.15) is 0 Å². The van der Waals surface area contributed by atoms with Crippen molar-refractivity contribution in [1.82, 2.24) is 0 Å². The maximum atomic E-state index is 9.08. The van der Waals surface area contributed by atoms with Crippen molar-refractivity contribution in [3.05, 3.63) is 82.9 Å². The fourth-order valence-corrected chi connectivity index (χ4v) is 2.97. The van der Waals surface area contributed by atoms with E-state index in [1.54, 1.807) is 0 Å². The predicted molar refractivity (Wildman–Crippen MR) is 78.4 cm³/mol. The summed E-state index contributed by atoms with van der Waals surface area (Å²) in [6.07, 6.45) is 6.17. The monoisotopic (exact) mass is 250 g/mol. The highest BCUT2D eigenvalue weighted by atomic mass is 16.2. The van der Waals surface area contributed by atoms with Gasteiger partial charge in [-0.3, -0.25) is 0 Å². The second kappa shape index (κ2) is 5.41. The van der Waals surface area contributed by atoms with Crippen LogP contribution in [0.4, 0.5) is 0 Å². The molecular weight excluding hydrogens is 232 g/mol. The van der Waals surface area contributed by atoms with Crippen LogP contribution in [-0.2, 0) is 12.8 Å². The maximum absolute atomic E-state index is 9.08. The van der Waals surface area contributed by atoms with Crippen LogP contribution in [0, 0.1) is 0 Å². The van der Waals surface area contributed by atoms with Crippen molar-refractivity contribution in [2.24, 2.45) is 0 Å². The smallest absolute Gasteiger partial charge is 0.0612 e. The topological polar surface area (TPSA) is 20.2 Å². The summed E-state index contributed by atoms with van der Waals surface area (Å²) >= 11 is 0. The molecule has 0 saturated heterocycles. The summed E-state index contributed by atoms with van der Waals surface area (Å²) in [6, 6.07) is 17.3. The van der Waals surface area contributed by atoms with E-state index in [4.69, 9.17) is 5.11 Å². The molecule has 2 aromatic rings. The minimum absolute atomic E-state index is 0.0980. The number of aryl methyl sites for hydroxylation is 2. The van der Waals surface area contributed by atoms with Crippen LogP contribution < -0.4 is 0 Å². The first-order chi connectivity index (χ1) is 9.40. The van der Waals surface area contributed by atoms with Crippen molar-refractivity contribution in [3.63, 3.8) is 0 Å². The van der Waals surface area contributed by atoms with Gasteiger partial charge in [-0.2, -0.15) is 0 Å². The second-order valence-corrected chi connectivity index (χ2v) is 4.99. The molecule has 0 fully saturated rings. The molecule has 19 heavy (non-hydrogen) atoms. The lowest BCUT2D eigenvalue weighted by Gasteiger charge is -2.16. The van der Waals surface area contributed by atoms with E-state index in [9.17, 15) is 0 Å². The molecule has 0 atom stereocenters. The Hall–Kier alpha value is -1.86. The Balaban J connectivity index is 2.16. The zero-order valence-corrected chi connectivity index (χ0v) is 10.9. The van der Waals surface area contributed by atoms with Gasteiger partial charge in [-0.05, 0) is 35.1 Å². The van der Waals surface area contributed by atoms with Crippen LogP contribution in [0.25, 0.3) is 0 Å². The lowest BCUT2D eigenvalue weighted by molar-refractivity contribution is 0.342. The van der Waals surface area contributed by atoms with Crippen LogP contribution in [0.15, 0.2) is 60.7 Å². The van der Waals surface area contributed by atoms with Crippen molar-refractivity contribution in [2.75, 3.05) is 6.61 Å². The summed E-state index contributed by atoms with van der Waals surface area (Å²) in [4.78, 5) is 0. The molecule has 0 unspecified atom stereocenters. The lowest BCUT2D eigenvalue weighted by Crippen LogP contribution is -2.01. The fourth-order valence-electron chi connectivity index (χ4n) is 2.97. The second-order valence-electron chi connectivity index (χ2n) is 4.99. The largest absolute Gasteiger partial charge is 0.392 e.